The highest BCUT2D eigenvalue weighted by Crippen LogP contribution is 2.34. The van der Waals surface area contributed by atoms with Gasteiger partial charge in [0.2, 0.25) is 0 Å². The molecule has 5 heteroatoms. The first-order valence-corrected chi connectivity index (χ1v) is 5.87. The second-order valence-electron chi connectivity index (χ2n) is 4.45. The van der Waals surface area contributed by atoms with Gasteiger partial charge in [-0.3, -0.25) is 4.79 Å². The van der Waals surface area contributed by atoms with Gasteiger partial charge in [0.05, 0.1) is 18.3 Å². The van der Waals surface area contributed by atoms with Gasteiger partial charge in [-0.1, -0.05) is 6.07 Å². The van der Waals surface area contributed by atoms with E-state index in [0.29, 0.717) is 12.4 Å². The zero-order valence-electron chi connectivity index (χ0n) is 10.8. The predicted octanol–water partition coefficient (Wildman–Crippen LogP) is 1.08. The van der Waals surface area contributed by atoms with Crippen molar-refractivity contribution >= 4 is 11.6 Å². The normalized spacial score (nSPS) is 20.3. The molecule has 18 heavy (non-hydrogen) atoms. The van der Waals surface area contributed by atoms with Crippen LogP contribution in [0, 0.1) is 0 Å². The van der Waals surface area contributed by atoms with Gasteiger partial charge in [0.1, 0.15) is 5.75 Å². The average Bonchev–Trinajstić information content (AvgIpc) is 2.36. The highest BCUT2D eigenvalue weighted by Gasteiger charge is 2.29. The first-order valence-electron chi connectivity index (χ1n) is 5.87. The van der Waals surface area contributed by atoms with Gasteiger partial charge in [-0.25, -0.2) is 0 Å². The molecule has 2 atom stereocenters. The first kappa shape index (κ1) is 12.9. The summed E-state index contributed by atoms with van der Waals surface area (Å²) in [5.74, 6) is 0.651. The third-order valence-electron chi connectivity index (χ3n) is 3.10. The van der Waals surface area contributed by atoms with E-state index < -0.39 is 6.10 Å². The summed E-state index contributed by atoms with van der Waals surface area (Å²) in [5, 5.41) is 0. The summed E-state index contributed by atoms with van der Waals surface area (Å²) < 4.78 is 10.6. The molecule has 1 aromatic rings. The van der Waals surface area contributed by atoms with E-state index in [-0.39, 0.29) is 11.9 Å². The number of rotatable bonds is 3. The number of hydrogen-bond donors (Lipinski definition) is 1. The monoisotopic (exact) mass is 250 g/mol. The Morgan fingerprint density at radius 1 is 1.56 bits per heavy atom. The van der Waals surface area contributed by atoms with Crippen molar-refractivity contribution in [2.45, 2.75) is 19.1 Å². The molecule has 1 heterocycles. The second-order valence-corrected chi connectivity index (χ2v) is 4.45. The van der Waals surface area contributed by atoms with Gasteiger partial charge in [0, 0.05) is 14.2 Å². The number of anilines is 1. The van der Waals surface area contributed by atoms with Crippen molar-refractivity contribution in [1.82, 2.24) is 0 Å². The number of fused-ring (bicyclic) bond motifs is 1. The average molecular weight is 250 g/mol. The van der Waals surface area contributed by atoms with Gasteiger partial charge in [-0.15, -0.1) is 0 Å². The molecule has 1 amide bonds. The van der Waals surface area contributed by atoms with Crippen molar-refractivity contribution in [1.29, 1.82) is 0 Å². The number of nitrogens with zero attached hydrogens (tertiary/aromatic N) is 1. The number of amides is 1. The molecule has 0 fully saturated rings. The largest absolute Gasteiger partial charge is 0.479 e. The number of benzene rings is 1. The molecule has 0 bridgehead atoms. The highest BCUT2D eigenvalue weighted by molar-refractivity contribution is 5.99. The highest BCUT2D eigenvalue weighted by atomic mass is 16.5. The van der Waals surface area contributed by atoms with Gasteiger partial charge in [0.25, 0.3) is 5.91 Å². The Bertz CT molecular complexity index is 462. The molecule has 0 aliphatic carbocycles. The Labute approximate surface area is 106 Å². The molecule has 1 aromatic carbocycles. The summed E-state index contributed by atoms with van der Waals surface area (Å²) in [6, 6.07) is 5.42. The van der Waals surface area contributed by atoms with E-state index in [9.17, 15) is 4.79 Å². The quantitative estimate of drug-likeness (QED) is 0.871. The van der Waals surface area contributed by atoms with E-state index in [4.69, 9.17) is 15.2 Å². The topological polar surface area (TPSA) is 64.8 Å². The van der Waals surface area contributed by atoms with Crippen LogP contribution >= 0.6 is 0 Å². The Morgan fingerprint density at radius 3 is 2.94 bits per heavy atom. The maximum atomic E-state index is 11.8. The molecule has 1 aliphatic heterocycles. The number of ether oxygens (including phenoxy) is 2. The molecule has 5 nitrogen and oxygen atoms in total. The molecule has 2 rings (SSSR count). The first-order chi connectivity index (χ1) is 8.54. The molecule has 2 N–H and O–H groups in total. The molecule has 98 valence electrons. The number of hydrogen-bond acceptors (Lipinski definition) is 4. The van der Waals surface area contributed by atoms with Gasteiger partial charge in [-0.05, 0) is 24.6 Å². The fourth-order valence-electron chi connectivity index (χ4n) is 2.03. The third kappa shape index (κ3) is 2.19. The summed E-state index contributed by atoms with van der Waals surface area (Å²) in [5.41, 5.74) is 7.65. The van der Waals surface area contributed by atoms with Gasteiger partial charge < -0.3 is 20.1 Å². The van der Waals surface area contributed by atoms with Crippen molar-refractivity contribution < 1.29 is 14.3 Å². The van der Waals surface area contributed by atoms with Gasteiger partial charge in [0.15, 0.2) is 6.10 Å². The zero-order valence-corrected chi connectivity index (χ0v) is 10.8. The van der Waals surface area contributed by atoms with E-state index in [1.165, 1.54) is 0 Å². The second kappa shape index (κ2) is 4.96. The van der Waals surface area contributed by atoms with Gasteiger partial charge in [-0.2, -0.15) is 0 Å². The minimum Gasteiger partial charge on any atom is -0.479 e. The van der Waals surface area contributed by atoms with Crippen LogP contribution in [0.4, 0.5) is 5.69 Å². The summed E-state index contributed by atoms with van der Waals surface area (Å²) in [6.07, 6.45) is -0.444. The lowest BCUT2D eigenvalue weighted by Gasteiger charge is -2.31. The van der Waals surface area contributed by atoms with Gasteiger partial charge >= 0.3 is 0 Å². The number of nitrogens with two attached hydrogens (primary N) is 1. The van der Waals surface area contributed by atoms with Crippen LogP contribution in [0.2, 0.25) is 0 Å². The lowest BCUT2D eigenvalue weighted by Crippen LogP contribution is -2.42. The maximum Gasteiger partial charge on any atom is 0.267 e. The van der Waals surface area contributed by atoms with Crippen molar-refractivity contribution in [2.24, 2.45) is 5.73 Å². The smallest absolute Gasteiger partial charge is 0.267 e. The fraction of sp³-hybridized carbons (Fsp3) is 0.462. The van der Waals surface area contributed by atoms with Crippen LogP contribution in [0.3, 0.4) is 0 Å². The van der Waals surface area contributed by atoms with Crippen LogP contribution in [-0.4, -0.2) is 32.8 Å². The van der Waals surface area contributed by atoms with E-state index in [1.54, 1.807) is 26.0 Å². The van der Waals surface area contributed by atoms with E-state index >= 15 is 0 Å². The summed E-state index contributed by atoms with van der Waals surface area (Å²) in [4.78, 5) is 13.4. The van der Waals surface area contributed by atoms with Crippen LogP contribution in [0.15, 0.2) is 18.2 Å². The lowest BCUT2D eigenvalue weighted by molar-refractivity contribution is -0.125. The molecule has 0 saturated carbocycles. The standard InChI is InChI=1S/C13H18N2O3/c1-8-13(16)15(2)11-6-9(10(14)7-17-3)4-5-12(11)18-8/h4-6,8,10H,7,14H2,1-3H3. The zero-order chi connectivity index (χ0) is 13.3. The van der Waals surface area contributed by atoms with Crippen LogP contribution in [0.5, 0.6) is 5.75 Å². The summed E-state index contributed by atoms with van der Waals surface area (Å²) >= 11 is 0. The van der Waals surface area contributed by atoms with E-state index in [1.807, 2.05) is 18.2 Å². The summed E-state index contributed by atoms with van der Waals surface area (Å²) in [6.45, 7) is 2.18. The van der Waals surface area contributed by atoms with Crippen molar-refractivity contribution in [2.75, 3.05) is 25.7 Å². The van der Waals surface area contributed by atoms with Crippen molar-refractivity contribution in [3.05, 3.63) is 23.8 Å². The predicted molar refractivity (Wildman–Crippen MR) is 68.7 cm³/mol. The third-order valence-corrected chi connectivity index (χ3v) is 3.10. The number of likely N-dealkylation sites (N-methyl/N-ethyl adjacent to an activating group) is 1. The molecule has 1 aliphatic rings. The Balaban J connectivity index is 2.34. The Morgan fingerprint density at radius 2 is 2.28 bits per heavy atom. The van der Waals surface area contributed by atoms with Crippen LogP contribution in [0.1, 0.15) is 18.5 Å². The molecular formula is C13H18N2O3. The van der Waals surface area contributed by atoms with Crippen molar-refractivity contribution in [3.8, 4) is 5.75 Å². The molecule has 2 unspecified atom stereocenters. The van der Waals surface area contributed by atoms with Crippen LogP contribution in [0.25, 0.3) is 0 Å². The van der Waals surface area contributed by atoms with E-state index in [0.717, 1.165) is 11.3 Å². The Hall–Kier alpha value is -1.59. The fourth-order valence-corrected chi connectivity index (χ4v) is 2.03. The van der Waals surface area contributed by atoms with Crippen LogP contribution < -0.4 is 15.4 Å². The maximum absolute atomic E-state index is 11.8. The minimum absolute atomic E-state index is 0.0556. The number of carbonyl (C=O) groups is 1. The molecular weight excluding hydrogens is 232 g/mol. The summed E-state index contributed by atoms with van der Waals surface area (Å²) in [7, 11) is 3.35. The molecule has 0 saturated heterocycles. The molecule has 0 spiro atoms. The van der Waals surface area contributed by atoms with Crippen LogP contribution in [-0.2, 0) is 9.53 Å². The number of carbonyl (C=O) groups excluding carboxylic acids is 1. The van der Waals surface area contributed by atoms with E-state index in [2.05, 4.69) is 0 Å². The molecule has 0 aromatic heterocycles. The SMILES string of the molecule is COCC(N)c1ccc2c(c1)N(C)C(=O)C(C)O2. The number of methoxy groups -OCH3 is 1. The lowest BCUT2D eigenvalue weighted by atomic mass is 10.1. The van der Waals surface area contributed by atoms with Crippen molar-refractivity contribution in [3.63, 3.8) is 0 Å². The Kier molecular flexibility index (Phi) is 3.54. The molecule has 0 radical (unpaired) electrons. The minimum atomic E-state index is -0.444.